The van der Waals surface area contributed by atoms with Crippen LogP contribution in [0.4, 0.5) is 5.69 Å². The van der Waals surface area contributed by atoms with Crippen LogP contribution in [-0.2, 0) is 6.54 Å². The monoisotopic (exact) mass is 353 g/mol. The van der Waals surface area contributed by atoms with Crippen molar-refractivity contribution in [2.75, 3.05) is 5.32 Å². The van der Waals surface area contributed by atoms with Gasteiger partial charge in [0.1, 0.15) is 5.69 Å². The molecule has 5 nitrogen and oxygen atoms in total. The molecule has 0 atom stereocenters. The molecule has 0 aliphatic heterocycles. The minimum atomic E-state index is -0.378. The Labute approximate surface area is 149 Å². The summed E-state index contributed by atoms with van der Waals surface area (Å²) < 4.78 is 1.23. The highest BCUT2D eigenvalue weighted by atomic mass is 35.5. The van der Waals surface area contributed by atoms with Crippen LogP contribution in [0.15, 0.2) is 65.5 Å². The summed E-state index contributed by atoms with van der Waals surface area (Å²) in [5.74, 6) is -0.378. The van der Waals surface area contributed by atoms with Crippen molar-refractivity contribution in [3.8, 4) is 0 Å². The first-order valence-corrected chi connectivity index (χ1v) is 8.10. The maximum Gasteiger partial charge on any atom is 0.276 e. The third-order valence-electron chi connectivity index (χ3n) is 3.69. The SMILES string of the molecule is Cc1ccc(NC(=O)c2ccc(=O)n(Cc3ccccc3Cl)n2)cc1. The summed E-state index contributed by atoms with van der Waals surface area (Å²) in [5.41, 5.74) is 2.39. The van der Waals surface area contributed by atoms with E-state index >= 15 is 0 Å². The molecule has 0 radical (unpaired) electrons. The summed E-state index contributed by atoms with van der Waals surface area (Å²) in [5, 5.41) is 7.47. The molecule has 1 heterocycles. The molecule has 1 N–H and O–H groups in total. The number of benzene rings is 2. The number of anilines is 1. The first-order valence-electron chi connectivity index (χ1n) is 7.72. The summed E-state index contributed by atoms with van der Waals surface area (Å²) in [6.45, 7) is 2.17. The number of aromatic nitrogens is 2. The van der Waals surface area contributed by atoms with E-state index in [-0.39, 0.29) is 23.7 Å². The van der Waals surface area contributed by atoms with Gasteiger partial charge in [0.2, 0.25) is 0 Å². The molecule has 0 aliphatic rings. The predicted molar refractivity (Wildman–Crippen MR) is 98.2 cm³/mol. The number of hydrogen-bond acceptors (Lipinski definition) is 3. The summed E-state index contributed by atoms with van der Waals surface area (Å²) >= 11 is 6.13. The van der Waals surface area contributed by atoms with Gasteiger partial charge in [-0.1, -0.05) is 47.5 Å². The Hall–Kier alpha value is -2.92. The highest BCUT2D eigenvalue weighted by Gasteiger charge is 2.11. The molecule has 0 saturated heterocycles. The van der Waals surface area contributed by atoms with Crippen molar-refractivity contribution < 1.29 is 4.79 Å². The Bertz CT molecular complexity index is 965. The van der Waals surface area contributed by atoms with Crippen LogP contribution in [0.1, 0.15) is 21.6 Å². The number of rotatable bonds is 4. The predicted octanol–water partition coefficient (Wildman–Crippen LogP) is 3.51. The van der Waals surface area contributed by atoms with Crippen LogP contribution < -0.4 is 10.9 Å². The molecule has 0 aliphatic carbocycles. The van der Waals surface area contributed by atoms with Gasteiger partial charge >= 0.3 is 0 Å². The molecular formula is C19H16ClN3O2. The minimum absolute atomic E-state index is 0.159. The molecule has 1 aromatic heterocycles. The fraction of sp³-hybridized carbons (Fsp3) is 0.105. The van der Waals surface area contributed by atoms with Gasteiger partial charge in [-0.3, -0.25) is 9.59 Å². The molecule has 3 aromatic rings. The first-order chi connectivity index (χ1) is 12.0. The molecule has 0 fully saturated rings. The van der Waals surface area contributed by atoms with Gasteiger partial charge in [-0.15, -0.1) is 0 Å². The van der Waals surface area contributed by atoms with Crippen molar-refractivity contribution in [3.05, 3.63) is 92.9 Å². The normalized spacial score (nSPS) is 10.5. The lowest BCUT2D eigenvalue weighted by molar-refractivity contribution is 0.102. The lowest BCUT2D eigenvalue weighted by Crippen LogP contribution is -2.26. The summed E-state index contributed by atoms with van der Waals surface area (Å²) in [7, 11) is 0. The van der Waals surface area contributed by atoms with Crippen LogP contribution in [0, 0.1) is 6.92 Å². The van der Waals surface area contributed by atoms with Gasteiger partial charge in [-0.05, 0) is 36.8 Å². The lowest BCUT2D eigenvalue weighted by Gasteiger charge is -2.09. The van der Waals surface area contributed by atoms with E-state index in [9.17, 15) is 9.59 Å². The zero-order valence-electron chi connectivity index (χ0n) is 13.6. The molecule has 6 heteroatoms. The average Bonchev–Trinajstić information content (AvgIpc) is 2.60. The Morgan fingerprint density at radius 3 is 2.52 bits per heavy atom. The third-order valence-corrected chi connectivity index (χ3v) is 4.06. The second-order valence-electron chi connectivity index (χ2n) is 5.63. The summed E-state index contributed by atoms with van der Waals surface area (Å²) in [4.78, 5) is 24.4. The van der Waals surface area contributed by atoms with Crippen molar-refractivity contribution >= 4 is 23.2 Å². The Morgan fingerprint density at radius 2 is 1.80 bits per heavy atom. The van der Waals surface area contributed by atoms with E-state index < -0.39 is 0 Å². The van der Waals surface area contributed by atoms with E-state index in [2.05, 4.69) is 10.4 Å². The molecule has 2 aromatic carbocycles. The quantitative estimate of drug-likeness (QED) is 0.780. The fourth-order valence-corrected chi connectivity index (χ4v) is 2.50. The molecule has 25 heavy (non-hydrogen) atoms. The largest absolute Gasteiger partial charge is 0.321 e. The number of carbonyl (C=O) groups excluding carboxylic acids is 1. The summed E-state index contributed by atoms with van der Waals surface area (Å²) in [6, 6.07) is 17.4. The van der Waals surface area contributed by atoms with Crippen molar-refractivity contribution in [2.45, 2.75) is 13.5 Å². The van der Waals surface area contributed by atoms with E-state index in [1.165, 1.54) is 16.8 Å². The van der Waals surface area contributed by atoms with Gasteiger partial charge in [0, 0.05) is 16.8 Å². The number of nitrogens with zero attached hydrogens (tertiary/aromatic N) is 2. The van der Waals surface area contributed by atoms with Crippen molar-refractivity contribution in [1.82, 2.24) is 9.78 Å². The lowest BCUT2D eigenvalue weighted by atomic mass is 10.2. The molecule has 0 bridgehead atoms. The smallest absolute Gasteiger partial charge is 0.276 e. The minimum Gasteiger partial charge on any atom is -0.321 e. The molecule has 3 rings (SSSR count). The topological polar surface area (TPSA) is 64.0 Å². The average molecular weight is 354 g/mol. The van der Waals surface area contributed by atoms with Gasteiger partial charge in [0.25, 0.3) is 11.5 Å². The second-order valence-corrected chi connectivity index (χ2v) is 6.03. The van der Waals surface area contributed by atoms with Crippen LogP contribution >= 0.6 is 11.6 Å². The maximum absolute atomic E-state index is 12.4. The highest BCUT2D eigenvalue weighted by molar-refractivity contribution is 6.31. The van der Waals surface area contributed by atoms with Gasteiger partial charge < -0.3 is 5.32 Å². The van der Waals surface area contributed by atoms with Crippen LogP contribution in [0.5, 0.6) is 0 Å². The van der Waals surface area contributed by atoms with Gasteiger partial charge in [-0.2, -0.15) is 5.10 Å². The van der Waals surface area contributed by atoms with E-state index in [1.54, 1.807) is 6.07 Å². The van der Waals surface area contributed by atoms with E-state index in [4.69, 9.17) is 11.6 Å². The number of amides is 1. The van der Waals surface area contributed by atoms with Crippen LogP contribution in [0.3, 0.4) is 0 Å². The Kier molecular flexibility index (Phi) is 4.95. The zero-order valence-corrected chi connectivity index (χ0v) is 14.3. The van der Waals surface area contributed by atoms with Crippen molar-refractivity contribution in [3.63, 3.8) is 0 Å². The molecule has 0 spiro atoms. The highest BCUT2D eigenvalue weighted by Crippen LogP contribution is 2.15. The van der Waals surface area contributed by atoms with E-state index in [1.807, 2.05) is 49.4 Å². The zero-order chi connectivity index (χ0) is 17.8. The first kappa shape index (κ1) is 16.9. The van der Waals surface area contributed by atoms with E-state index in [0.29, 0.717) is 10.7 Å². The number of halogens is 1. The number of nitrogens with one attached hydrogen (secondary N) is 1. The molecular weight excluding hydrogens is 338 g/mol. The number of carbonyl (C=O) groups is 1. The summed E-state index contributed by atoms with van der Waals surface area (Å²) in [6.07, 6.45) is 0. The van der Waals surface area contributed by atoms with Crippen LogP contribution in [0.25, 0.3) is 0 Å². The van der Waals surface area contributed by atoms with Crippen molar-refractivity contribution in [1.29, 1.82) is 0 Å². The molecule has 0 saturated carbocycles. The number of aryl methyl sites for hydroxylation is 1. The van der Waals surface area contributed by atoms with Gasteiger partial charge in [0.15, 0.2) is 0 Å². The fourth-order valence-electron chi connectivity index (χ4n) is 2.30. The second kappa shape index (κ2) is 7.32. The standard InChI is InChI=1S/C19H16ClN3O2/c1-13-6-8-15(9-7-13)21-19(25)17-10-11-18(24)23(22-17)12-14-4-2-3-5-16(14)20/h2-11H,12H2,1H3,(H,21,25). The van der Waals surface area contributed by atoms with Crippen molar-refractivity contribution in [2.24, 2.45) is 0 Å². The Morgan fingerprint density at radius 1 is 1.08 bits per heavy atom. The maximum atomic E-state index is 12.4. The number of hydrogen-bond donors (Lipinski definition) is 1. The van der Waals surface area contributed by atoms with Crippen LogP contribution in [-0.4, -0.2) is 15.7 Å². The molecule has 0 unspecified atom stereocenters. The molecule has 126 valence electrons. The Balaban J connectivity index is 1.83. The van der Waals surface area contributed by atoms with Gasteiger partial charge in [-0.25, -0.2) is 4.68 Å². The van der Waals surface area contributed by atoms with Crippen LogP contribution in [0.2, 0.25) is 5.02 Å². The van der Waals surface area contributed by atoms with E-state index in [0.717, 1.165) is 11.1 Å². The third kappa shape index (κ3) is 4.14. The molecule has 1 amide bonds. The van der Waals surface area contributed by atoms with Gasteiger partial charge in [0.05, 0.1) is 6.54 Å².